The van der Waals surface area contributed by atoms with Gasteiger partial charge in [-0.25, -0.2) is 4.98 Å². The van der Waals surface area contributed by atoms with Gasteiger partial charge in [0.05, 0.1) is 11.6 Å². The zero-order valence-corrected chi connectivity index (χ0v) is 8.71. The largest absolute Gasteiger partial charge is 0.506 e. The van der Waals surface area contributed by atoms with E-state index >= 15 is 0 Å². The molecule has 4 nitrogen and oxygen atoms in total. The molecule has 2 rings (SSSR count). The van der Waals surface area contributed by atoms with Crippen LogP contribution in [-0.2, 0) is 4.79 Å². The lowest BCUT2D eigenvalue weighted by Crippen LogP contribution is -1.89. The molecule has 0 saturated heterocycles. The minimum absolute atomic E-state index is 0.120. The van der Waals surface area contributed by atoms with Gasteiger partial charge in [0.2, 0.25) is 0 Å². The van der Waals surface area contributed by atoms with Crippen LogP contribution in [0.4, 0.5) is 0 Å². The molecule has 0 fully saturated rings. The molecule has 2 aromatic rings. The summed E-state index contributed by atoms with van der Waals surface area (Å²) in [6.07, 6.45) is 2.99. The van der Waals surface area contributed by atoms with Gasteiger partial charge in [-0.05, 0) is 23.8 Å². The number of rotatable bonds is 2. The summed E-state index contributed by atoms with van der Waals surface area (Å²) in [6, 6.07) is 10.3. The predicted octanol–water partition coefficient (Wildman–Crippen LogP) is 1.78. The van der Waals surface area contributed by atoms with Gasteiger partial charge in [-0.15, -0.1) is 0 Å². The minimum Gasteiger partial charge on any atom is -0.506 e. The molecular weight excluding hydrogens is 216 g/mol. The number of nitrogens with zero attached hydrogens (tertiary/aromatic N) is 2. The Hall–Kier alpha value is -2.67. The summed E-state index contributed by atoms with van der Waals surface area (Å²) in [6.45, 7) is 0. The number of hydrogen-bond acceptors (Lipinski definition) is 4. The number of aromatic nitrogens is 1. The Morgan fingerprint density at radius 1 is 1.24 bits per heavy atom. The average molecular weight is 223 g/mol. The molecule has 4 heteroatoms. The normalized spacial score (nSPS) is 9.59. The lowest BCUT2D eigenvalue weighted by atomic mass is 10.0. The summed E-state index contributed by atoms with van der Waals surface area (Å²) in [5, 5.41) is 18.3. The van der Waals surface area contributed by atoms with E-state index in [1.54, 1.807) is 24.3 Å². The molecule has 81 valence electrons. The van der Waals surface area contributed by atoms with Crippen LogP contribution in [0.2, 0.25) is 0 Å². The first-order valence-electron chi connectivity index (χ1n) is 4.82. The van der Waals surface area contributed by atoms with Crippen molar-refractivity contribution in [1.29, 1.82) is 5.26 Å². The van der Waals surface area contributed by atoms with Crippen molar-refractivity contribution >= 4 is 6.29 Å². The van der Waals surface area contributed by atoms with Gasteiger partial charge >= 0.3 is 0 Å². The summed E-state index contributed by atoms with van der Waals surface area (Å²) in [5.74, 6) is -0.222. The molecule has 0 bridgehead atoms. The van der Waals surface area contributed by atoms with Gasteiger partial charge in [0.25, 0.3) is 6.29 Å². The van der Waals surface area contributed by atoms with Crippen molar-refractivity contribution in [3.8, 4) is 22.9 Å². The summed E-state index contributed by atoms with van der Waals surface area (Å²) in [5.41, 5.74) is 1.79. The number of nitriles is 1. The van der Waals surface area contributed by atoms with Gasteiger partial charge in [0.15, 0.2) is 5.69 Å². The first-order valence-corrected chi connectivity index (χ1v) is 4.82. The zero-order chi connectivity index (χ0) is 12.3. The third kappa shape index (κ3) is 2.13. The minimum atomic E-state index is -0.222. The fourth-order valence-electron chi connectivity index (χ4n) is 1.46. The Bertz CT molecular complexity index is 615. The molecule has 0 saturated carbocycles. The monoisotopic (exact) mass is 223 g/mol. The van der Waals surface area contributed by atoms with E-state index in [0.29, 0.717) is 11.1 Å². The number of pyridine rings is 1. The molecule has 1 radical (unpaired) electrons. The zero-order valence-electron chi connectivity index (χ0n) is 8.71. The molecule has 1 N–H and O–H groups in total. The molecule has 1 heterocycles. The van der Waals surface area contributed by atoms with Crippen LogP contribution in [-0.4, -0.2) is 16.4 Å². The van der Waals surface area contributed by atoms with E-state index < -0.39 is 0 Å². The molecule has 1 aromatic carbocycles. The first-order chi connectivity index (χ1) is 8.24. The van der Waals surface area contributed by atoms with Crippen LogP contribution in [0.3, 0.4) is 0 Å². The maximum Gasteiger partial charge on any atom is 0.257 e. The lowest BCUT2D eigenvalue weighted by Gasteiger charge is -2.03. The summed E-state index contributed by atoms with van der Waals surface area (Å²) in [4.78, 5) is 14.2. The maximum absolute atomic E-state index is 10.4. The number of benzene rings is 1. The molecule has 0 aliphatic heterocycles. The Kier molecular flexibility index (Phi) is 2.84. The van der Waals surface area contributed by atoms with Crippen molar-refractivity contribution in [2.45, 2.75) is 0 Å². The van der Waals surface area contributed by atoms with Crippen LogP contribution < -0.4 is 0 Å². The fraction of sp³-hybridized carbons (Fsp3) is 0. The van der Waals surface area contributed by atoms with E-state index in [9.17, 15) is 9.90 Å². The van der Waals surface area contributed by atoms with E-state index in [1.807, 2.05) is 6.07 Å². The van der Waals surface area contributed by atoms with Crippen LogP contribution >= 0.6 is 0 Å². The first kappa shape index (κ1) is 10.8. The van der Waals surface area contributed by atoms with E-state index in [-0.39, 0.29) is 11.4 Å². The van der Waals surface area contributed by atoms with Crippen molar-refractivity contribution in [3.63, 3.8) is 0 Å². The second-order valence-corrected chi connectivity index (χ2v) is 3.39. The summed E-state index contributed by atoms with van der Waals surface area (Å²) >= 11 is 0. The Morgan fingerprint density at radius 3 is 2.71 bits per heavy atom. The molecule has 0 atom stereocenters. The Labute approximate surface area is 97.8 Å². The summed E-state index contributed by atoms with van der Waals surface area (Å²) in [7, 11) is 0. The number of carbonyl (C=O) groups excluding carboxylic acids is 1. The Morgan fingerprint density at radius 2 is 2.06 bits per heavy atom. The van der Waals surface area contributed by atoms with E-state index in [2.05, 4.69) is 4.98 Å². The van der Waals surface area contributed by atoms with Crippen molar-refractivity contribution in [2.75, 3.05) is 0 Å². The van der Waals surface area contributed by atoms with E-state index in [4.69, 9.17) is 5.26 Å². The van der Waals surface area contributed by atoms with Crippen LogP contribution in [0.1, 0.15) is 11.3 Å². The van der Waals surface area contributed by atoms with Crippen molar-refractivity contribution < 1.29 is 9.90 Å². The van der Waals surface area contributed by atoms with Gasteiger partial charge in [0, 0.05) is 11.8 Å². The number of hydrogen-bond donors (Lipinski definition) is 1. The molecule has 17 heavy (non-hydrogen) atoms. The van der Waals surface area contributed by atoms with Crippen molar-refractivity contribution in [3.05, 3.63) is 47.8 Å². The van der Waals surface area contributed by atoms with Gasteiger partial charge in [0.1, 0.15) is 5.75 Å². The lowest BCUT2D eigenvalue weighted by molar-refractivity contribution is 0.469. The molecule has 0 amide bonds. The van der Waals surface area contributed by atoms with Crippen molar-refractivity contribution in [1.82, 2.24) is 4.98 Å². The van der Waals surface area contributed by atoms with Gasteiger partial charge in [-0.3, -0.25) is 4.79 Å². The second-order valence-electron chi connectivity index (χ2n) is 3.39. The third-order valence-electron chi connectivity index (χ3n) is 2.29. The van der Waals surface area contributed by atoms with Crippen LogP contribution in [0.15, 0.2) is 36.5 Å². The molecular formula is C13H7N2O2. The van der Waals surface area contributed by atoms with Gasteiger partial charge in [-0.1, -0.05) is 12.1 Å². The van der Waals surface area contributed by atoms with Crippen LogP contribution in [0.5, 0.6) is 5.75 Å². The van der Waals surface area contributed by atoms with E-state index in [1.165, 1.54) is 18.5 Å². The summed E-state index contributed by atoms with van der Waals surface area (Å²) < 4.78 is 0. The molecule has 1 aromatic heterocycles. The quantitative estimate of drug-likeness (QED) is 0.842. The molecule has 0 spiro atoms. The fourth-order valence-corrected chi connectivity index (χ4v) is 1.46. The highest BCUT2D eigenvalue weighted by molar-refractivity contribution is 5.78. The van der Waals surface area contributed by atoms with E-state index in [0.717, 1.165) is 5.56 Å². The topological polar surface area (TPSA) is 74.0 Å². The molecule has 0 unspecified atom stereocenters. The molecule has 0 aliphatic carbocycles. The standard InChI is InChI=1S/C13H7N2O2/c14-6-9-2-1-3-10(4-9)11-5-13(17)12(8-16)15-7-11/h1-5,7,17H. The maximum atomic E-state index is 10.4. The average Bonchev–Trinajstić information content (AvgIpc) is 2.38. The highest BCUT2D eigenvalue weighted by Gasteiger charge is 2.06. The molecule has 0 aliphatic rings. The van der Waals surface area contributed by atoms with Crippen molar-refractivity contribution in [2.24, 2.45) is 0 Å². The highest BCUT2D eigenvalue weighted by Crippen LogP contribution is 2.24. The third-order valence-corrected chi connectivity index (χ3v) is 2.29. The SMILES string of the molecule is N#Cc1cccc(-c2cnc([C]=O)c(O)c2)c1. The highest BCUT2D eigenvalue weighted by atomic mass is 16.3. The Balaban J connectivity index is 2.50. The number of aromatic hydroxyl groups is 1. The second kappa shape index (κ2) is 4.45. The predicted molar refractivity (Wildman–Crippen MR) is 60.8 cm³/mol. The van der Waals surface area contributed by atoms with Gasteiger partial charge < -0.3 is 5.11 Å². The van der Waals surface area contributed by atoms with Gasteiger partial charge in [-0.2, -0.15) is 5.26 Å². The van der Waals surface area contributed by atoms with Crippen LogP contribution in [0.25, 0.3) is 11.1 Å². The van der Waals surface area contributed by atoms with Crippen LogP contribution in [0, 0.1) is 11.3 Å². The smallest absolute Gasteiger partial charge is 0.257 e.